The van der Waals surface area contributed by atoms with Crippen molar-refractivity contribution in [3.63, 3.8) is 0 Å². The van der Waals surface area contributed by atoms with Gasteiger partial charge in [-0.2, -0.15) is 0 Å². The number of para-hydroxylation sites is 1. The molecule has 0 spiro atoms. The van der Waals surface area contributed by atoms with Crippen molar-refractivity contribution in [2.45, 2.75) is 19.8 Å². The third-order valence-electron chi connectivity index (χ3n) is 2.17. The largest absolute Gasteiger partial charge is 0.493 e. The monoisotopic (exact) mass is 222 g/mol. The molecule has 0 aromatic heterocycles. The standard InChI is InChI=1S/C9H10O2.C4H8O/c1-2-11-9-6-4-3-5-8(9)7-10;1-2-4-5-3-1/h3-7H,2H2,1H3;1-4H2. The zero-order valence-electron chi connectivity index (χ0n) is 9.65. The molecule has 0 atom stereocenters. The van der Waals surface area contributed by atoms with Gasteiger partial charge in [0.05, 0.1) is 12.2 Å². The predicted octanol–water partition coefficient (Wildman–Crippen LogP) is 2.69. The van der Waals surface area contributed by atoms with E-state index in [1.165, 1.54) is 12.8 Å². The van der Waals surface area contributed by atoms with E-state index in [2.05, 4.69) is 0 Å². The number of hydrogen-bond donors (Lipinski definition) is 0. The second kappa shape index (κ2) is 7.88. The average Bonchev–Trinajstić information content (AvgIpc) is 2.89. The molecule has 1 aromatic rings. The highest BCUT2D eigenvalue weighted by Crippen LogP contribution is 2.14. The first-order valence-electron chi connectivity index (χ1n) is 5.63. The number of carbonyl (C=O) groups is 1. The molecule has 3 nitrogen and oxygen atoms in total. The van der Waals surface area contributed by atoms with Crippen LogP contribution in [0.4, 0.5) is 0 Å². The Labute approximate surface area is 96.4 Å². The number of aldehydes is 1. The lowest BCUT2D eigenvalue weighted by molar-refractivity contribution is 0.112. The molecule has 2 rings (SSSR count). The number of carbonyl (C=O) groups excluding carboxylic acids is 1. The molecule has 0 amide bonds. The highest BCUT2D eigenvalue weighted by molar-refractivity contribution is 5.79. The van der Waals surface area contributed by atoms with Gasteiger partial charge in [0.15, 0.2) is 6.29 Å². The quantitative estimate of drug-likeness (QED) is 0.738. The maximum atomic E-state index is 10.4. The molecule has 1 heterocycles. The Morgan fingerprint density at radius 1 is 1.31 bits per heavy atom. The van der Waals surface area contributed by atoms with Crippen molar-refractivity contribution in [3.8, 4) is 5.75 Å². The summed E-state index contributed by atoms with van der Waals surface area (Å²) >= 11 is 0. The molecule has 3 heteroatoms. The fraction of sp³-hybridized carbons (Fsp3) is 0.462. The lowest BCUT2D eigenvalue weighted by atomic mass is 10.2. The van der Waals surface area contributed by atoms with Crippen LogP contribution >= 0.6 is 0 Å². The Hall–Kier alpha value is -1.35. The van der Waals surface area contributed by atoms with Crippen molar-refractivity contribution in [1.29, 1.82) is 0 Å². The van der Waals surface area contributed by atoms with Gasteiger partial charge in [-0.1, -0.05) is 12.1 Å². The van der Waals surface area contributed by atoms with Crippen molar-refractivity contribution < 1.29 is 14.3 Å². The summed E-state index contributed by atoms with van der Waals surface area (Å²) in [5.74, 6) is 0.657. The van der Waals surface area contributed by atoms with E-state index in [1.54, 1.807) is 12.1 Å². The van der Waals surface area contributed by atoms with Crippen molar-refractivity contribution in [1.82, 2.24) is 0 Å². The summed E-state index contributed by atoms with van der Waals surface area (Å²) < 4.78 is 10.1. The summed E-state index contributed by atoms with van der Waals surface area (Å²) in [5.41, 5.74) is 0.606. The minimum absolute atomic E-state index is 0.588. The summed E-state index contributed by atoms with van der Waals surface area (Å²) in [6.07, 6.45) is 3.35. The van der Waals surface area contributed by atoms with Gasteiger partial charge in [-0.25, -0.2) is 0 Å². The van der Waals surface area contributed by atoms with Crippen LogP contribution in [0.5, 0.6) is 5.75 Å². The highest BCUT2D eigenvalue weighted by Gasteiger charge is 1.98. The fourth-order valence-electron chi connectivity index (χ4n) is 1.38. The van der Waals surface area contributed by atoms with E-state index < -0.39 is 0 Å². The van der Waals surface area contributed by atoms with Gasteiger partial charge in [-0.3, -0.25) is 4.79 Å². The van der Waals surface area contributed by atoms with Gasteiger partial charge in [0, 0.05) is 13.2 Å². The Bertz CT molecular complexity index is 298. The predicted molar refractivity (Wildman–Crippen MR) is 63.1 cm³/mol. The molecular weight excluding hydrogens is 204 g/mol. The van der Waals surface area contributed by atoms with Crippen LogP contribution in [0.1, 0.15) is 30.1 Å². The summed E-state index contributed by atoms with van der Waals surface area (Å²) in [6.45, 7) is 4.48. The van der Waals surface area contributed by atoms with E-state index in [0.29, 0.717) is 17.9 Å². The Balaban J connectivity index is 0.000000212. The maximum Gasteiger partial charge on any atom is 0.153 e. The number of benzene rings is 1. The van der Waals surface area contributed by atoms with Crippen LogP contribution in [0.2, 0.25) is 0 Å². The molecule has 16 heavy (non-hydrogen) atoms. The first kappa shape index (κ1) is 12.7. The van der Waals surface area contributed by atoms with Gasteiger partial charge in [-0.15, -0.1) is 0 Å². The second-order valence-electron chi connectivity index (χ2n) is 3.41. The van der Waals surface area contributed by atoms with E-state index in [9.17, 15) is 4.79 Å². The van der Waals surface area contributed by atoms with Crippen LogP contribution in [0.3, 0.4) is 0 Å². The molecule has 1 saturated heterocycles. The third kappa shape index (κ3) is 4.45. The van der Waals surface area contributed by atoms with E-state index in [4.69, 9.17) is 9.47 Å². The molecule has 1 aliphatic rings. The molecule has 1 fully saturated rings. The van der Waals surface area contributed by atoms with Crippen LogP contribution in [0, 0.1) is 0 Å². The van der Waals surface area contributed by atoms with E-state index in [0.717, 1.165) is 19.5 Å². The Kier molecular flexibility index (Phi) is 6.26. The zero-order valence-corrected chi connectivity index (χ0v) is 9.65. The molecule has 88 valence electrons. The maximum absolute atomic E-state index is 10.4. The first-order chi connectivity index (χ1) is 7.88. The SMILES string of the molecule is C1CCOC1.CCOc1ccccc1C=O. The van der Waals surface area contributed by atoms with Gasteiger partial charge >= 0.3 is 0 Å². The van der Waals surface area contributed by atoms with Crippen molar-refractivity contribution in [3.05, 3.63) is 29.8 Å². The Morgan fingerprint density at radius 2 is 2.00 bits per heavy atom. The highest BCUT2D eigenvalue weighted by atomic mass is 16.5. The third-order valence-corrected chi connectivity index (χ3v) is 2.17. The number of hydrogen-bond acceptors (Lipinski definition) is 3. The van der Waals surface area contributed by atoms with Crippen LogP contribution in [-0.4, -0.2) is 26.1 Å². The van der Waals surface area contributed by atoms with Gasteiger partial charge in [0.1, 0.15) is 5.75 Å². The van der Waals surface area contributed by atoms with Gasteiger partial charge in [-0.05, 0) is 31.9 Å². The fourth-order valence-corrected chi connectivity index (χ4v) is 1.38. The number of ether oxygens (including phenoxy) is 2. The topological polar surface area (TPSA) is 35.5 Å². The molecule has 0 radical (unpaired) electrons. The van der Waals surface area contributed by atoms with Gasteiger partial charge < -0.3 is 9.47 Å². The second-order valence-corrected chi connectivity index (χ2v) is 3.41. The van der Waals surface area contributed by atoms with Gasteiger partial charge in [0.2, 0.25) is 0 Å². The lowest BCUT2D eigenvalue weighted by Gasteiger charge is -2.03. The summed E-state index contributed by atoms with van der Waals surface area (Å²) in [7, 11) is 0. The zero-order chi connectivity index (χ0) is 11.6. The smallest absolute Gasteiger partial charge is 0.153 e. The molecule has 0 unspecified atom stereocenters. The first-order valence-corrected chi connectivity index (χ1v) is 5.63. The van der Waals surface area contributed by atoms with Crippen LogP contribution in [0.25, 0.3) is 0 Å². The molecule has 0 aliphatic carbocycles. The molecule has 1 aromatic carbocycles. The Morgan fingerprint density at radius 3 is 2.50 bits per heavy atom. The summed E-state index contributed by atoms with van der Waals surface area (Å²) in [4.78, 5) is 10.4. The van der Waals surface area contributed by atoms with Crippen molar-refractivity contribution >= 4 is 6.29 Å². The molecular formula is C13H18O3. The normalized spacial score (nSPS) is 13.8. The van der Waals surface area contributed by atoms with Crippen molar-refractivity contribution in [2.24, 2.45) is 0 Å². The molecule has 0 N–H and O–H groups in total. The minimum Gasteiger partial charge on any atom is -0.493 e. The average molecular weight is 222 g/mol. The van der Waals surface area contributed by atoms with Crippen LogP contribution in [-0.2, 0) is 4.74 Å². The molecule has 0 saturated carbocycles. The van der Waals surface area contributed by atoms with Crippen LogP contribution in [0.15, 0.2) is 24.3 Å². The van der Waals surface area contributed by atoms with E-state index in [-0.39, 0.29) is 0 Å². The van der Waals surface area contributed by atoms with E-state index in [1.807, 2.05) is 19.1 Å². The number of rotatable bonds is 3. The van der Waals surface area contributed by atoms with Crippen LogP contribution < -0.4 is 4.74 Å². The lowest BCUT2D eigenvalue weighted by Crippen LogP contribution is -1.94. The van der Waals surface area contributed by atoms with Gasteiger partial charge in [0.25, 0.3) is 0 Å². The summed E-state index contributed by atoms with van der Waals surface area (Å²) in [6, 6.07) is 7.18. The van der Waals surface area contributed by atoms with Crippen molar-refractivity contribution in [2.75, 3.05) is 19.8 Å². The molecule has 0 bridgehead atoms. The van der Waals surface area contributed by atoms with E-state index >= 15 is 0 Å². The minimum atomic E-state index is 0.588. The molecule has 1 aliphatic heterocycles. The summed E-state index contributed by atoms with van der Waals surface area (Å²) in [5, 5.41) is 0.